The Morgan fingerprint density at radius 2 is 1.75 bits per heavy atom. The monoisotopic (exact) mass is 385 g/mol. The van der Waals surface area contributed by atoms with Crippen LogP contribution in [-0.4, -0.2) is 60.9 Å². The van der Waals surface area contributed by atoms with Gasteiger partial charge < -0.3 is 15.0 Å². The minimum Gasteiger partial charge on any atom is -0.493 e. The molecule has 0 bridgehead atoms. The molecule has 3 rings (SSSR count). The molecular formula is C21H24FN3O3. The summed E-state index contributed by atoms with van der Waals surface area (Å²) in [5.74, 6) is 0.229. The van der Waals surface area contributed by atoms with Gasteiger partial charge in [-0.2, -0.15) is 0 Å². The molecule has 0 radical (unpaired) electrons. The average molecular weight is 385 g/mol. The zero-order chi connectivity index (χ0) is 19.8. The van der Waals surface area contributed by atoms with Gasteiger partial charge in [0.2, 0.25) is 11.8 Å². The second kappa shape index (κ2) is 9.85. The molecule has 2 aromatic rings. The van der Waals surface area contributed by atoms with Crippen LogP contribution >= 0.6 is 0 Å². The number of para-hydroxylation sites is 1. The minimum absolute atomic E-state index is 0.0554. The van der Waals surface area contributed by atoms with Gasteiger partial charge in [-0.15, -0.1) is 0 Å². The lowest BCUT2D eigenvalue weighted by Gasteiger charge is -2.34. The van der Waals surface area contributed by atoms with Crippen molar-refractivity contribution < 1.29 is 18.7 Å². The number of benzene rings is 2. The molecule has 0 saturated carbocycles. The predicted molar refractivity (Wildman–Crippen MR) is 105 cm³/mol. The van der Waals surface area contributed by atoms with Gasteiger partial charge in [0.05, 0.1) is 19.6 Å². The highest BCUT2D eigenvalue weighted by Crippen LogP contribution is 2.11. The molecular weight excluding hydrogens is 361 g/mol. The Labute approximate surface area is 163 Å². The molecule has 1 aliphatic heterocycles. The maximum atomic E-state index is 13.2. The van der Waals surface area contributed by atoms with Crippen LogP contribution in [0.5, 0.6) is 5.75 Å². The molecule has 1 N–H and O–H groups in total. The molecule has 6 nitrogen and oxygen atoms in total. The Bertz CT molecular complexity index is 792. The zero-order valence-electron chi connectivity index (χ0n) is 15.6. The lowest BCUT2D eigenvalue weighted by Crippen LogP contribution is -2.50. The number of piperazine rings is 1. The SMILES string of the molecule is O=C(CN1CCN(C(=O)CCOc2ccccc2)CC1)Nc1cccc(F)c1. The minimum atomic E-state index is -0.388. The molecule has 0 unspecified atom stereocenters. The summed E-state index contributed by atoms with van der Waals surface area (Å²) < 4.78 is 18.7. The van der Waals surface area contributed by atoms with E-state index in [1.165, 1.54) is 12.1 Å². The first kappa shape index (κ1) is 19.8. The van der Waals surface area contributed by atoms with E-state index in [0.29, 0.717) is 44.9 Å². The number of nitrogens with one attached hydrogen (secondary N) is 1. The summed E-state index contributed by atoms with van der Waals surface area (Å²) in [5.41, 5.74) is 0.442. The lowest BCUT2D eigenvalue weighted by atomic mass is 10.2. The van der Waals surface area contributed by atoms with E-state index in [-0.39, 0.29) is 24.2 Å². The van der Waals surface area contributed by atoms with Crippen molar-refractivity contribution in [2.75, 3.05) is 44.6 Å². The topological polar surface area (TPSA) is 61.9 Å². The number of nitrogens with zero attached hydrogens (tertiary/aromatic N) is 2. The highest BCUT2D eigenvalue weighted by Gasteiger charge is 2.22. The first-order chi connectivity index (χ1) is 13.6. The van der Waals surface area contributed by atoms with Gasteiger partial charge in [0, 0.05) is 31.9 Å². The number of ether oxygens (including phenoxy) is 1. The van der Waals surface area contributed by atoms with Crippen molar-refractivity contribution in [3.05, 3.63) is 60.4 Å². The molecule has 0 aliphatic carbocycles. The predicted octanol–water partition coefficient (Wildman–Crippen LogP) is 2.38. The zero-order valence-corrected chi connectivity index (χ0v) is 15.6. The maximum absolute atomic E-state index is 13.2. The van der Waals surface area contributed by atoms with Crippen LogP contribution in [0, 0.1) is 5.82 Å². The normalized spacial score (nSPS) is 14.5. The van der Waals surface area contributed by atoms with Crippen molar-refractivity contribution in [1.29, 1.82) is 0 Å². The van der Waals surface area contributed by atoms with Gasteiger partial charge >= 0.3 is 0 Å². The molecule has 2 aromatic carbocycles. The molecule has 0 spiro atoms. The van der Waals surface area contributed by atoms with Crippen LogP contribution in [0.15, 0.2) is 54.6 Å². The van der Waals surface area contributed by atoms with E-state index in [1.807, 2.05) is 35.2 Å². The Morgan fingerprint density at radius 3 is 2.46 bits per heavy atom. The number of carbonyl (C=O) groups excluding carboxylic acids is 2. The van der Waals surface area contributed by atoms with E-state index in [4.69, 9.17) is 4.74 Å². The van der Waals surface area contributed by atoms with E-state index >= 15 is 0 Å². The fraction of sp³-hybridized carbons (Fsp3) is 0.333. The Hall–Kier alpha value is -2.93. The third kappa shape index (κ3) is 6.06. The number of rotatable bonds is 7. The number of anilines is 1. The Balaban J connectivity index is 1.35. The summed E-state index contributed by atoms with van der Waals surface area (Å²) in [4.78, 5) is 28.2. The number of halogens is 1. The van der Waals surface area contributed by atoms with Gasteiger partial charge in [-0.1, -0.05) is 24.3 Å². The molecule has 28 heavy (non-hydrogen) atoms. The first-order valence-electron chi connectivity index (χ1n) is 9.33. The van der Waals surface area contributed by atoms with Gasteiger partial charge in [-0.3, -0.25) is 14.5 Å². The average Bonchev–Trinajstić information content (AvgIpc) is 2.69. The molecule has 1 aliphatic rings. The smallest absolute Gasteiger partial charge is 0.238 e. The number of amides is 2. The third-order valence-electron chi connectivity index (χ3n) is 4.53. The van der Waals surface area contributed by atoms with E-state index in [0.717, 1.165) is 5.75 Å². The van der Waals surface area contributed by atoms with Crippen LogP contribution in [-0.2, 0) is 9.59 Å². The Morgan fingerprint density at radius 1 is 1.00 bits per heavy atom. The molecule has 1 saturated heterocycles. The summed E-state index contributed by atoms with van der Waals surface area (Å²) in [5, 5.41) is 2.69. The number of hydrogen-bond donors (Lipinski definition) is 1. The van der Waals surface area contributed by atoms with Crippen LogP contribution in [0.1, 0.15) is 6.42 Å². The summed E-state index contributed by atoms with van der Waals surface area (Å²) in [6, 6.07) is 15.2. The van der Waals surface area contributed by atoms with Crippen molar-refractivity contribution in [2.45, 2.75) is 6.42 Å². The largest absolute Gasteiger partial charge is 0.493 e. The highest BCUT2D eigenvalue weighted by molar-refractivity contribution is 5.92. The fourth-order valence-corrected chi connectivity index (χ4v) is 3.06. The van der Waals surface area contributed by atoms with E-state index in [9.17, 15) is 14.0 Å². The van der Waals surface area contributed by atoms with Crippen molar-refractivity contribution in [1.82, 2.24) is 9.80 Å². The number of hydrogen-bond acceptors (Lipinski definition) is 4. The maximum Gasteiger partial charge on any atom is 0.238 e. The van der Waals surface area contributed by atoms with Gasteiger partial charge in [-0.05, 0) is 30.3 Å². The van der Waals surface area contributed by atoms with Crippen molar-refractivity contribution >= 4 is 17.5 Å². The highest BCUT2D eigenvalue weighted by atomic mass is 19.1. The summed E-state index contributed by atoms with van der Waals surface area (Å²) in [6.45, 7) is 2.98. The third-order valence-corrected chi connectivity index (χ3v) is 4.53. The molecule has 0 aromatic heterocycles. The van der Waals surface area contributed by atoms with Crippen LogP contribution in [0.3, 0.4) is 0 Å². The standard InChI is InChI=1S/C21H24FN3O3/c22-17-5-4-6-18(15-17)23-20(26)16-24-10-12-25(13-11-24)21(27)9-14-28-19-7-2-1-3-8-19/h1-8,15H,9-14,16H2,(H,23,26). The summed E-state index contributed by atoms with van der Waals surface area (Å²) in [6.07, 6.45) is 0.328. The second-order valence-corrected chi connectivity index (χ2v) is 6.63. The van der Waals surface area contributed by atoms with E-state index in [1.54, 1.807) is 17.0 Å². The van der Waals surface area contributed by atoms with Crippen LogP contribution in [0.4, 0.5) is 10.1 Å². The molecule has 1 heterocycles. The summed E-state index contributed by atoms with van der Waals surface area (Å²) >= 11 is 0. The van der Waals surface area contributed by atoms with Gasteiger partial charge in [0.15, 0.2) is 0 Å². The van der Waals surface area contributed by atoms with Crippen LogP contribution in [0.25, 0.3) is 0 Å². The molecule has 2 amide bonds. The van der Waals surface area contributed by atoms with E-state index in [2.05, 4.69) is 5.32 Å². The van der Waals surface area contributed by atoms with Crippen LogP contribution < -0.4 is 10.1 Å². The first-order valence-corrected chi connectivity index (χ1v) is 9.33. The van der Waals surface area contributed by atoms with Crippen molar-refractivity contribution in [2.24, 2.45) is 0 Å². The molecule has 1 fully saturated rings. The molecule has 148 valence electrons. The fourth-order valence-electron chi connectivity index (χ4n) is 3.06. The van der Waals surface area contributed by atoms with Crippen molar-refractivity contribution in [3.8, 4) is 5.75 Å². The van der Waals surface area contributed by atoms with Gasteiger partial charge in [0.25, 0.3) is 0 Å². The summed E-state index contributed by atoms with van der Waals surface area (Å²) in [7, 11) is 0. The molecule has 0 atom stereocenters. The van der Waals surface area contributed by atoms with Gasteiger partial charge in [-0.25, -0.2) is 4.39 Å². The number of carbonyl (C=O) groups is 2. The molecule has 7 heteroatoms. The quantitative estimate of drug-likeness (QED) is 0.795. The Kier molecular flexibility index (Phi) is 6.97. The van der Waals surface area contributed by atoms with Crippen LogP contribution in [0.2, 0.25) is 0 Å². The van der Waals surface area contributed by atoms with E-state index < -0.39 is 0 Å². The second-order valence-electron chi connectivity index (χ2n) is 6.63. The van der Waals surface area contributed by atoms with Crippen molar-refractivity contribution in [3.63, 3.8) is 0 Å². The lowest BCUT2D eigenvalue weighted by molar-refractivity contribution is -0.133. The van der Waals surface area contributed by atoms with Gasteiger partial charge in [0.1, 0.15) is 11.6 Å².